The molecule has 8 nitrogen and oxygen atoms in total. The number of nitro groups is 1. The molecule has 2 heterocycles. The number of carbonyl (C=O) groups excluding carboxylic acids is 1. The van der Waals surface area contributed by atoms with E-state index in [1.165, 1.54) is 16.4 Å². The van der Waals surface area contributed by atoms with E-state index in [2.05, 4.69) is 10.00 Å². The molecule has 1 aliphatic heterocycles. The van der Waals surface area contributed by atoms with Crippen molar-refractivity contribution in [2.24, 2.45) is 0 Å². The summed E-state index contributed by atoms with van der Waals surface area (Å²) in [6.07, 6.45) is 2.45. The molecule has 1 aliphatic rings. The fourth-order valence-corrected chi connectivity index (χ4v) is 3.11. The Morgan fingerprint density at radius 3 is 2.50 bits per heavy atom. The molecule has 1 aromatic carbocycles. The predicted molar refractivity (Wildman–Crippen MR) is 96.9 cm³/mol. The molecule has 0 saturated carbocycles. The van der Waals surface area contributed by atoms with Gasteiger partial charge in [-0.15, -0.1) is 0 Å². The summed E-state index contributed by atoms with van der Waals surface area (Å²) < 4.78 is 1.35. The highest BCUT2D eigenvalue weighted by Crippen LogP contribution is 2.17. The molecule has 1 unspecified atom stereocenters. The van der Waals surface area contributed by atoms with Gasteiger partial charge in [-0.1, -0.05) is 23.7 Å². The van der Waals surface area contributed by atoms with Crippen molar-refractivity contribution in [2.75, 3.05) is 26.2 Å². The summed E-state index contributed by atoms with van der Waals surface area (Å²) in [5.41, 5.74) is 1.07. The zero-order valence-corrected chi connectivity index (χ0v) is 15.2. The number of halogens is 1. The van der Waals surface area contributed by atoms with Gasteiger partial charge in [0, 0.05) is 37.7 Å². The van der Waals surface area contributed by atoms with E-state index >= 15 is 0 Å². The van der Waals surface area contributed by atoms with Gasteiger partial charge < -0.3 is 4.90 Å². The summed E-state index contributed by atoms with van der Waals surface area (Å²) in [5.74, 6) is -0.0749. The second-order valence-corrected chi connectivity index (χ2v) is 6.78. The van der Waals surface area contributed by atoms with Gasteiger partial charge in [-0.25, -0.2) is 0 Å². The lowest BCUT2D eigenvalue weighted by molar-refractivity contribution is -0.385. The van der Waals surface area contributed by atoms with Crippen LogP contribution in [-0.2, 0) is 11.3 Å². The van der Waals surface area contributed by atoms with Crippen molar-refractivity contribution in [1.82, 2.24) is 19.6 Å². The topological polar surface area (TPSA) is 84.5 Å². The molecule has 2 aromatic rings. The Bertz CT molecular complexity index is 784. The third kappa shape index (κ3) is 4.20. The van der Waals surface area contributed by atoms with Gasteiger partial charge in [0.2, 0.25) is 5.91 Å². The summed E-state index contributed by atoms with van der Waals surface area (Å²) >= 11 is 5.91. The first kappa shape index (κ1) is 18.3. The van der Waals surface area contributed by atoms with Crippen LogP contribution in [0.3, 0.4) is 0 Å². The maximum absolute atomic E-state index is 12.6. The SMILES string of the molecule is CC(C(=O)N1CCN(Cc2ccc(Cl)cc2)CC1)n1cc([N+](=O)[O-])cn1. The molecule has 1 amide bonds. The van der Waals surface area contributed by atoms with Gasteiger partial charge in [0.25, 0.3) is 0 Å². The van der Waals surface area contributed by atoms with Crippen LogP contribution in [-0.4, -0.2) is 56.6 Å². The van der Waals surface area contributed by atoms with Gasteiger partial charge in [0.1, 0.15) is 18.4 Å². The third-order valence-electron chi connectivity index (χ3n) is 4.56. The van der Waals surface area contributed by atoms with E-state index in [-0.39, 0.29) is 11.6 Å². The van der Waals surface area contributed by atoms with Crippen LogP contribution in [0.25, 0.3) is 0 Å². The van der Waals surface area contributed by atoms with Gasteiger partial charge in [-0.05, 0) is 24.6 Å². The van der Waals surface area contributed by atoms with Crippen molar-refractivity contribution in [1.29, 1.82) is 0 Å². The molecule has 0 bridgehead atoms. The first-order valence-corrected chi connectivity index (χ1v) is 8.76. The van der Waals surface area contributed by atoms with E-state index < -0.39 is 11.0 Å². The predicted octanol–water partition coefficient (Wildman–Crippen LogP) is 2.35. The Hall–Kier alpha value is -2.45. The molecule has 1 atom stereocenters. The van der Waals surface area contributed by atoms with Gasteiger partial charge in [0.05, 0.1) is 4.92 Å². The lowest BCUT2D eigenvalue weighted by Gasteiger charge is -2.36. The number of hydrogen-bond donors (Lipinski definition) is 0. The lowest BCUT2D eigenvalue weighted by atomic mass is 10.2. The van der Waals surface area contributed by atoms with E-state index in [0.717, 1.165) is 30.9 Å². The van der Waals surface area contributed by atoms with Crippen LogP contribution < -0.4 is 0 Å². The normalized spacial score (nSPS) is 16.5. The minimum Gasteiger partial charge on any atom is -0.338 e. The molecule has 3 rings (SSSR count). The smallest absolute Gasteiger partial charge is 0.307 e. The van der Waals surface area contributed by atoms with Crippen LogP contribution in [0.5, 0.6) is 0 Å². The van der Waals surface area contributed by atoms with Crippen LogP contribution in [0.2, 0.25) is 5.02 Å². The summed E-state index contributed by atoms with van der Waals surface area (Å²) in [7, 11) is 0. The zero-order valence-electron chi connectivity index (χ0n) is 14.4. The van der Waals surface area contributed by atoms with Crippen molar-refractivity contribution < 1.29 is 9.72 Å². The average Bonchev–Trinajstić information content (AvgIpc) is 3.13. The second kappa shape index (κ2) is 7.84. The molecular weight excluding hydrogens is 358 g/mol. The Labute approximate surface area is 156 Å². The number of nitrogens with zero attached hydrogens (tertiary/aromatic N) is 5. The minimum atomic E-state index is -0.563. The molecule has 9 heteroatoms. The summed E-state index contributed by atoms with van der Waals surface area (Å²) in [6, 6.07) is 7.20. The maximum atomic E-state index is 12.6. The van der Waals surface area contributed by atoms with Crippen LogP contribution in [0, 0.1) is 10.1 Å². The second-order valence-electron chi connectivity index (χ2n) is 6.34. The summed E-state index contributed by atoms with van der Waals surface area (Å²) in [5, 5.41) is 15.4. The van der Waals surface area contributed by atoms with Crippen molar-refractivity contribution in [3.8, 4) is 0 Å². The van der Waals surface area contributed by atoms with Crippen LogP contribution in [0.15, 0.2) is 36.7 Å². The monoisotopic (exact) mass is 377 g/mol. The molecule has 0 N–H and O–H groups in total. The molecule has 1 aromatic heterocycles. The minimum absolute atomic E-state index is 0.0749. The molecule has 26 heavy (non-hydrogen) atoms. The first-order chi connectivity index (χ1) is 12.4. The quantitative estimate of drug-likeness (QED) is 0.589. The Morgan fingerprint density at radius 1 is 1.27 bits per heavy atom. The Balaban J connectivity index is 1.54. The number of piperazine rings is 1. The zero-order chi connectivity index (χ0) is 18.7. The van der Waals surface area contributed by atoms with Gasteiger partial charge >= 0.3 is 5.69 Å². The van der Waals surface area contributed by atoms with Crippen molar-refractivity contribution in [3.05, 3.63) is 57.4 Å². The molecule has 0 aliphatic carbocycles. The molecule has 0 spiro atoms. The number of amides is 1. The molecule has 0 radical (unpaired) electrons. The fraction of sp³-hybridized carbons (Fsp3) is 0.412. The van der Waals surface area contributed by atoms with Crippen molar-refractivity contribution >= 4 is 23.2 Å². The third-order valence-corrected chi connectivity index (χ3v) is 4.81. The van der Waals surface area contributed by atoms with Gasteiger partial charge in [-0.3, -0.25) is 24.5 Å². The maximum Gasteiger partial charge on any atom is 0.307 e. The van der Waals surface area contributed by atoms with Crippen molar-refractivity contribution in [2.45, 2.75) is 19.5 Å². The van der Waals surface area contributed by atoms with E-state index in [9.17, 15) is 14.9 Å². The summed E-state index contributed by atoms with van der Waals surface area (Å²) in [4.78, 5) is 27.0. The van der Waals surface area contributed by atoms with Gasteiger partial charge in [-0.2, -0.15) is 5.10 Å². The molecular formula is C17H20ClN5O3. The van der Waals surface area contributed by atoms with E-state index in [1.807, 2.05) is 24.3 Å². The number of benzene rings is 1. The lowest BCUT2D eigenvalue weighted by Crippen LogP contribution is -2.49. The van der Waals surface area contributed by atoms with E-state index in [0.29, 0.717) is 13.1 Å². The number of carbonyl (C=O) groups is 1. The number of rotatable bonds is 5. The standard InChI is InChI=1S/C17H20ClN5O3/c1-13(22-12-16(10-19-22)23(25)26)17(24)21-8-6-20(7-9-21)11-14-2-4-15(18)5-3-14/h2-5,10,12-13H,6-9,11H2,1H3. The molecule has 138 valence electrons. The van der Waals surface area contributed by atoms with Crippen LogP contribution in [0.4, 0.5) is 5.69 Å². The molecule has 1 saturated heterocycles. The Morgan fingerprint density at radius 2 is 1.92 bits per heavy atom. The van der Waals surface area contributed by atoms with Crippen LogP contribution >= 0.6 is 11.6 Å². The molecule has 1 fully saturated rings. The highest BCUT2D eigenvalue weighted by Gasteiger charge is 2.27. The number of hydrogen-bond acceptors (Lipinski definition) is 5. The van der Waals surface area contributed by atoms with Crippen LogP contribution in [0.1, 0.15) is 18.5 Å². The highest BCUT2D eigenvalue weighted by atomic mass is 35.5. The van der Waals surface area contributed by atoms with Crippen molar-refractivity contribution in [3.63, 3.8) is 0 Å². The number of aromatic nitrogens is 2. The summed E-state index contributed by atoms with van der Waals surface area (Å²) in [6.45, 7) is 5.33. The highest BCUT2D eigenvalue weighted by molar-refractivity contribution is 6.30. The van der Waals surface area contributed by atoms with E-state index in [4.69, 9.17) is 11.6 Å². The van der Waals surface area contributed by atoms with E-state index in [1.54, 1.807) is 11.8 Å². The average molecular weight is 378 g/mol. The first-order valence-electron chi connectivity index (χ1n) is 8.38. The fourth-order valence-electron chi connectivity index (χ4n) is 2.99. The Kier molecular flexibility index (Phi) is 5.53. The van der Waals surface area contributed by atoms with Gasteiger partial charge in [0.15, 0.2) is 0 Å². The largest absolute Gasteiger partial charge is 0.338 e.